The van der Waals surface area contributed by atoms with Crippen LogP contribution >= 0.6 is 0 Å². The zero-order chi connectivity index (χ0) is 17.9. The van der Waals surface area contributed by atoms with Gasteiger partial charge in [0.15, 0.2) is 0 Å². The number of anilines is 1. The summed E-state index contributed by atoms with van der Waals surface area (Å²) in [5, 5.41) is 9.07. The molecule has 4 rings (SSSR count). The van der Waals surface area contributed by atoms with E-state index in [4.69, 9.17) is 0 Å². The van der Waals surface area contributed by atoms with Gasteiger partial charge in [0.1, 0.15) is 11.0 Å². The minimum atomic E-state index is 0.825. The molecule has 0 fully saturated rings. The Bertz CT molecular complexity index is 1050. The third-order valence-corrected chi connectivity index (χ3v) is 4.12. The number of para-hydroxylation sites is 1. The van der Waals surface area contributed by atoms with Crippen molar-refractivity contribution < 1.29 is 0 Å². The maximum atomic E-state index is 4.57. The van der Waals surface area contributed by atoms with Gasteiger partial charge in [0, 0.05) is 26.0 Å². The molecule has 0 spiro atoms. The first-order chi connectivity index (χ1) is 12.7. The van der Waals surface area contributed by atoms with Crippen molar-refractivity contribution in [3.8, 4) is 5.69 Å². The average Bonchev–Trinajstić information content (AvgIpc) is 3.11. The highest BCUT2D eigenvalue weighted by Gasteiger charge is 2.05. The van der Waals surface area contributed by atoms with E-state index in [9.17, 15) is 0 Å². The molecule has 26 heavy (non-hydrogen) atoms. The predicted molar refractivity (Wildman–Crippen MR) is 107 cm³/mol. The van der Waals surface area contributed by atoms with Crippen molar-refractivity contribution in [2.45, 2.75) is 0 Å². The fourth-order valence-electron chi connectivity index (χ4n) is 2.67. The van der Waals surface area contributed by atoms with Crippen molar-refractivity contribution in [2.75, 3.05) is 19.0 Å². The van der Waals surface area contributed by atoms with E-state index in [0.717, 1.165) is 28.0 Å². The molecule has 0 aliphatic rings. The van der Waals surface area contributed by atoms with Crippen molar-refractivity contribution in [3.05, 3.63) is 78.4 Å². The number of nitrogens with zero attached hydrogens (tertiary/aromatic N) is 5. The molecule has 0 atom stereocenters. The van der Waals surface area contributed by atoms with Crippen LogP contribution < -0.4 is 4.90 Å². The third kappa shape index (κ3) is 3.32. The molecule has 3 aromatic carbocycles. The van der Waals surface area contributed by atoms with E-state index >= 15 is 0 Å². The van der Waals surface area contributed by atoms with E-state index in [0.29, 0.717) is 0 Å². The Morgan fingerprint density at radius 1 is 0.846 bits per heavy atom. The monoisotopic (exact) mass is 341 g/mol. The fourth-order valence-corrected chi connectivity index (χ4v) is 2.67. The summed E-state index contributed by atoms with van der Waals surface area (Å²) in [7, 11) is 4.06. The molecule has 1 aromatic heterocycles. The van der Waals surface area contributed by atoms with Crippen molar-refractivity contribution >= 4 is 28.6 Å². The maximum Gasteiger partial charge on any atom is 0.115 e. The molecule has 5 heteroatoms. The van der Waals surface area contributed by atoms with E-state index in [2.05, 4.69) is 44.4 Å². The summed E-state index contributed by atoms with van der Waals surface area (Å²) in [6.45, 7) is 0. The van der Waals surface area contributed by atoms with Gasteiger partial charge in [-0.05, 0) is 48.0 Å². The Labute approximate surface area is 152 Å². The molecule has 0 amide bonds. The first kappa shape index (κ1) is 16.0. The minimum absolute atomic E-state index is 0.825. The highest BCUT2D eigenvalue weighted by Crippen LogP contribution is 2.20. The summed E-state index contributed by atoms with van der Waals surface area (Å²) in [6.07, 6.45) is 1.86. The van der Waals surface area contributed by atoms with Gasteiger partial charge >= 0.3 is 0 Å². The summed E-state index contributed by atoms with van der Waals surface area (Å²) >= 11 is 0. The minimum Gasteiger partial charge on any atom is -0.378 e. The highest BCUT2D eigenvalue weighted by atomic mass is 15.5. The lowest BCUT2D eigenvalue weighted by Crippen LogP contribution is -2.08. The summed E-state index contributed by atoms with van der Waals surface area (Å²) in [6, 6.07) is 24.0. The number of aromatic nitrogens is 3. The van der Waals surface area contributed by atoms with Crippen LogP contribution in [0.15, 0.2) is 77.8 Å². The topological polar surface area (TPSA) is 46.3 Å². The summed E-state index contributed by atoms with van der Waals surface area (Å²) in [5.74, 6) is 0. The van der Waals surface area contributed by atoms with Gasteiger partial charge in [0.05, 0.1) is 11.4 Å². The molecule has 0 aliphatic heterocycles. The van der Waals surface area contributed by atoms with Crippen LogP contribution in [0.1, 0.15) is 5.56 Å². The largest absolute Gasteiger partial charge is 0.378 e. The highest BCUT2D eigenvalue weighted by molar-refractivity contribution is 5.84. The molecule has 0 aliphatic carbocycles. The van der Waals surface area contributed by atoms with Gasteiger partial charge in [-0.1, -0.05) is 30.3 Å². The molecule has 128 valence electrons. The normalized spacial score (nSPS) is 11.3. The number of rotatable bonds is 4. The molecule has 1 heterocycles. The van der Waals surface area contributed by atoms with Crippen molar-refractivity contribution in [2.24, 2.45) is 4.99 Å². The Morgan fingerprint density at radius 3 is 2.31 bits per heavy atom. The Morgan fingerprint density at radius 2 is 1.58 bits per heavy atom. The van der Waals surface area contributed by atoms with E-state index in [-0.39, 0.29) is 0 Å². The zero-order valence-corrected chi connectivity index (χ0v) is 14.7. The van der Waals surface area contributed by atoms with Gasteiger partial charge in [-0.3, -0.25) is 4.99 Å². The Hall–Kier alpha value is -3.47. The molecular weight excluding hydrogens is 322 g/mol. The fraction of sp³-hybridized carbons (Fsp3) is 0.0952. The third-order valence-electron chi connectivity index (χ3n) is 4.12. The summed E-state index contributed by atoms with van der Waals surface area (Å²) in [4.78, 5) is 8.29. The number of benzene rings is 3. The summed E-state index contributed by atoms with van der Waals surface area (Å²) < 4.78 is 0. The quantitative estimate of drug-likeness (QED) is 0.522. The second-order valence-corrected chi connectivity index (χ2v) is 6.24. The Balaban J connectivity index is 1.59. The average molecular weight is 341 g/mol. The van der Waals surface area contributed by atoms with Gasteiger partial charge in [-0.15, -0.1) is 10.2 Å². The van der Waals surface area contributed by atoms with Crippen molar-refractivity contribution in [1.82, 2.24) is 15.0 Å². The van der Waals surface area contributed by atoms with E-state index in [1.807, 2.05) is 68.8 Å². The molecule has 5 nitrogen and oxygen atoms in total. The second-order valence-electron chi connectivity index (χ2n) is 6.24. The van der Waals surface area contributed by atoms with Crippen LogP contribution in [0.4, 0.5) is 11.4 Å². The molecule has 0 N–H and O–H groups in total. The Kier molecular flexibility index (Phi) is 4.19. The molecule has 0 saturated carbocycles. The van der Waals surface area contributed by atoms with Gasteiger partial charge in [0.2, 0.25) is 0 Å². The van der Waals surface area contributed by atoms with Crippen LogP contribution in [0.25, 0.3) is 16.7 Å². The van der Waals surface area contributed by atoms with Gasteiger partial charge in [-0.2, -0.15) is 4.80 Å². The maximum absolute atomic E-state index is 4.57. The van der Waals surface area contributed by atoms with Crippen LogP contribution in [-0.2, 0) is 0 Å². The molecule has 0 radical (unpaired) electrons. The molecule has 0 unspecified atom stereocenters. The van der Waals surface area contributed by atoms with Crippen molar-refractivity contribution in [1.29, 1.82) is 0 Å². The smallest absolute Gasteiger partial charge is 0.115 e. The standard InChI is InChI=1S/C21H19N5/c1-25(2)18-11-8-16(9-12-18)15-22-17-10-13-20-21(14-17)24-26(23-20)19-6-4-3-5-7-19/h3-15H,1-2H3. The molecular formula is C21H19N5. The predicted octanol–water partition coefficient (Wildman–Crippen LogP) is 4.24. The van der Waals surface area contributed by atoms with E-state index in [1.165, 1.54) is 5.69 Å². The number of aliphatic imine (C=N–C) groups is 1. The number of fused-ring (bicyclic) bond motifs is 1. The van der Waals surface area contributed by atoms with Crippen LogP contribution in [0.2, 0.25) is 0 Å². The van der Waals surface area contributed by atoms with Crippen LogP contribution in [0.5, 0.6) is 0 Å². The lowest BCUT2D eigenvalue weighted by molar-refractivity contribution is 0.766. The van der Waals surface area contributed by atoms with Crippen LogP contribution in [-0.4, -0.2) is 35.3 Å². The lowest BCUT2D eigenvalue weighted by atomic mass is 10.2. The zero-order valence-electron chi connectivity index (χ0n) is 14.7. The van der Waals surface area contributed by atoms with Crippen molar-refractivity contribution in [3.63, 3.8) is 0 Å². The lowest BCUT2D eigenvalue weighted by Gasteiger charge is -2.11. The molecule has 4 aromatic rings. The molecule has 0 saturated heterocycles. The first-order valence-electron chi connectivity index (χ1n) is 8.43. The number of hydrogen-bond acceptors (Lipinski definition) is 4. The van der Waals surface area contributed by atoms with Gasteiger partial charge < -0.3 is 4.90 Å². The van der Waals surface area contributed by atoms with Gasteiger partial charge in [0.25, 0.3) is 0 Å². The van der Waals surface area contributed by atoms with E-state index in [1.54, 1.807) is 4.80 Å². The second kappa shape index (κ2) is 6.80. The summed E-state index contributed by atoms with van der Waals surface area (Å²) in [5.41, 5.74) is 5.70. The van der Waals surface area contributed by atoms with E-state index < -0.39 is 0 Å². The molecule has 0 bridgehead atoms. The SMILES string of the molecule is CN(C)c1ccc(C=Nc2ccc3nn(-c4ccccc4)nc3c2)cc1. The van der Waals surface area contributed by atoms with Gasteiger partial charge in [-0.25, -0.2) is 0 Å². The van der Waals surface area contributed by atoms with Crippen LogP contribution in [0, 0.1) is 0 Å². The van der Waals surface area contributed by atoms with Crippen LogP contribution in [0.3, 0.4) is 0 Å². The number of hydrogen-bond donors (Lipinski definition) is 0. The first-order valence-corrected chi connectivity index (χ1v) is 8.43.